The molecule has 9 heteroatoms. The van der Waals surface area contributed by atoms with Gasteiger partial charge in [-0.3, -0.25) is 13.9 Å². The molecule has 4 aromatic rings. The summed E-state index contributed by atoms with van der Waals surface area (Å²) < 4.78 is 35.4. The molecule has 2 amide bonds. The standard InChI is InChI=1S/C37H43N3O5S/c1-5-29(4)38-37(42)34(25-30-15-9-7-10-16-30)39(26-31-23-21-28(3)22-24-31)36(41)27-40(33-19-13-14-20-35(33)45-6-2)46(43,44)32-17-11-8-12-18-32/h7-24,29,34H,5-6,25-27H2,1-4H3,(H,38,42)/t29-,34-/m0/s1. The number of ether oxygens (including phenoxy) is 1. The Bertz CT molecular complexity index is 1680. The smallest absolute Gasteiger partial charge is 0.264 e. The predicted octanol–water partition coefficient (Wildman–Crippen LogP) is 6.14. The Morgan fingerprint density at radius 1 is 0.804 bits per heavy atom. The molecule has 2 atom stereocenters. The van der Waals surface area contributed by atoms with Crippen LogP contribution in [0.1, 0.15) is 43.9 Å². The Morgan fingerprint density at radius 3 is 2.04 bits per heavy atom. The minimum Gasteiger partial charge on any atom is -0.492 e. The fourth-order valence-electron chi connectivity index (χ4n) is 5.06. The van der Waals surface area contributed by atoms with Gasteiger partial charge in [0.2, 0.25) is 11.8 Å². The lowest BCUT2D eigenvalue weighted by molar-refractivity contribution is -0.140. The zero-order valence-electron chi connectivity index (χ0n) is 26.9. The summed E-state index contributed by atoms with van der Waals surface area (Å²) in [5.74, 6) is -0.491. The number of carbonyl (C=O) groups is 2. The van der Waals surface area contributed by atoms with Gasteiger partial charge in [0.1, 0.15) is 18.3 Å². The molecule has 242 valence electrons. The molecule has 0 aliphatic carbocycles. The number of aryl methyl sites for hydroxylation is 1. The third-order valence-electron chi connectivity index (χ3n) is 7.79. The van der Waals surface area contributed by atoms with E-state index in [0.29, 0.717) is 18.8 Å². The molecule has 0 aromatic heterocycles. The average molecular weight is 642 g/mol. The third kappa shape index (κ3) is 8.75. The van der Waals surface area contributed by atoms with E-state index in [0.717, 1.165) is 21.0 Å². The first kappa shape index (κ1) is 34.2. The first-order chi connectivity index (χ1) is 22.1. The number of hydrogen-bond acceptors (Lipinski definition) is 5. The molecule has 0 unspecified atom stereocenters. The van der Waals surface area contributed by atoms with Gasteiger partial charge in [-0.2, -0.15) is 0 Å². The van der Waals surface area contributed by atoms with Crippen molar-refractivity contribution in [3.05, 3.63) is 126 Å². The maximum absolute atomic E-state index is 14.6. The van der Waals surface area contributed by atoms with E-state index >= 15 is 0 Å². The molecule has 4 aromatic carbocycles. The Morgan fingerprint density at radius 2 is 1.41 bits per heavy atom. The first-order valence-electron chi connectivity index (χ1n) is 15.6. The van der Waals surface area contributed by atoms with Gasteiger partial charge >= 0.3 is 0 Å². The molecule has 0 bridgehead atoms. The SMILES string of the molecule is CCOc1ccccc1N(CC(=O)N(Cc1ccc(C)cc1)[C@@H](Cc1ccccc1)C(=O)N[C@@H](C)CC)S(=O)(=O)c1ccccc1. The molecule has 46 heavy (non-hydrogen) atoms. The highest BCUT2D eigenvalue weighted by atomic mass is 32.2. The van der Waals surface area contributed by atoms with Crippen LogP contribution in [0.4, 0.5) is 5.69 Å². The first-order valence-corrected chi connectivity index (χ1v) is 17.1. The van der Waals surface area contributed by atoms with Crippen molar-refractivity contribution >= 4 is 27.5 Å². The molecule has 0 fully saturated rings. The van der Waals surface area contributed by atoms with Crippen molar-refractivity contribution in [2.24, 2.45) is 0 Å². The van der Waals surface area contributed by atoms with Crippen LogP contribution in [0.5, 0.6) is 5.75 Å². The summed E-state index contributed by atoms with van der Waals surface area (Å²) in [6.45, 7) is 7.56. The van der Waals surface area contributed by atoms with E-state index in [4.69, 9.17) is 4.74 Å². The fourth-order valence-corrected chi connectivity index (χ4v) is 6.50. The number of amides is 2. The molecule has 0 radical (unpaired) electrons. The zero-order valence-corrected chi connectivity index (χ0v) is 27.7. The van der Waals surface area contributed by atoms with Crippen LogP contribution >= 0.6 is 0 Å². The average Bonchev–Trinajstić information content (AvgIpc) is 3.07. The van der Waals surface area contributed by atoms with Crippen LogP contribution in [0, 0.1) is 6.92 Å². The van der Waals surface area contributed by atoms with Crippen LogP contribution in [0.15, 0.2) is 114 Å². The highest BCUT2D eigenvalue weighted by Crippen LogP contribution is 2.33. The van der Waals surface area contributed by atoms with Crippen molar-refractivity contribution in [2.45, 2.75) is 64.1 Å². The van der Waals surface area contributed by atoms with Gasteiger partial charge < -0.3 is 15.0 Å². The second-order valence-electron chi connectivity index (χ2n) is 11.3. The number of carbonyl (C=O) groups excluding carboxylic acids is 2. The summed E-state index contributed by atoms with van der Waals surface area (Å²) in [5.41, 5.74) is 3.00. The van der Waals surface area contributed by atoms with Crippen molar-refractivity contribution in [1.82, 2.24) is 10.2 Å². The van der Waals surface area contributed by atoms with Crippen LogP contribution < -0.4 is 14.4 Å². The van der Waals surface area contributed by atoms with E-state index in [2.05, 4.69) is 5.32 Å². The highest BCUT2D eigenvalue weighted by molar-refractivity contribution is 7.92. The number of nitrogens with one attached hydrogen (secondary N) is 1. The van der Waals surface area contributed by atoms with Crippen LogP contribution in [0.3, 0.4) is 0 Å². The van der Waals surface area contributed by atoms with Crippen molar-refractivity contribution < 1.29 is 22.7 Å². The van der Waals surface area contributed by atoms with Crippen LogP contribution in [0.25, 0.3) is 0 Å². The number of rotatable bonds is 15. The van der Waals surface area contributed by atoms with Gasteiger partial charge in [0.25, 0.3) is 10.0 Å². The fraction of sp³-hybridized carbons (Fsp3) is 0.297. The quantitative estimate of drug-likeness (QED) is 0.168. The Balaban J connectivity index is 1.83. The minimum atomic E-state index is -4.22. The van der Waals surface area contributed by atoms with Gasteiger partial charge in [-0.25, -0.2) is 8.42 Å². The molecule has 0 saturated carbocycles. The van der Waals surface area contributed by atoms with Crippen LogP contribution in [-0.4, -0.2) is 50.4 Å². The van der Waals surface area contributed by atoms with E-state index in [1.54, 1.807) is 42.5 Å². The number of para-hydroxylation sites is 2. The van der Waals surface area contributed by atoms with Gasteiger partial charge in [-0.15, -0.1) is 0 Å². The third-order valence-corrected chi connectivity index (χ3v) is 9.56. The summed E-state index contributed by atoms with van der Waals surface area (Å²) >= 11 is 0. The van der Waals surface area contributed by atoms with Crippen molar-refractivity contribution in [1.29, 1.82) is 0 Å². The lowest BCUT2D eigenvalue weighted by Gasteiger charge is -2.34. The van der Waals surface area contributed by atoms with E-state index in [9.17, 15) is 18.0 Å². The zero-order chi connectivity index (χ0) is 33.1. The minimum absolute atomic E-state index is 0.0366. The maximum atomic E-state index is 14.6. The van der Waals surface area contributed by atoms with Crippen molar-refractivity contribution in [3.63, 3.8) is 0 Å². The Labute approximate surface area is 273 Å². The second kappa shape index (κ2) is 16.1. The lowest BCUT2D eigenvalue weighted by atomic mass is 10.0. The van der Waals surface area contributed by atoms with Gasteiger partial charge in [0.15, 0.2) is 0 Å². The number of benzene rings is 4. The van der Waals surface area contributed by atoms with Gasteiger partial charge in [0.05, 0.1) is 17.2 Å². The van der Waals surface area contributed by atoms with Gasteiger partial charge in [-0.1, -0.05) is 97.4 Å². The number of anilines is 1. The summed E-state index contributed by atoms with van der Waals surface area (Å²) in [7, 11) is -4.22. The predicted molar refractivity (Wildman–Crippen MR) is 182 cm³/mol. The normalized spacial score (nSPS) is 12.5. The molecule has 0 aliphatic heterocycles. The van der Waals surface area contributed by atoms with Gasteiger partial charge in [-0.05, 0) is 62.6 Å². The Hall–Kier alpha value is -4.63. The molecular weight excluding hydrogens is 598 g/mol. The highest BCUT2D eigenvalue weighted by Gasteiger charge is 2.35. The monoisotopic (exact) mass is 641 g/mol. The summed E-state index contributed by atoms with van der Waals surface area (Å²) in [6.07, 6.45) is 0.967. The summed E-state index contributed by atoms with van der Waals surface area (Å²) in [6, 6.07) is 31.0. The van der Waals surface area contributed by atoms with Crippen molar-refractivity contribution in [3.8, 4) is 5.75 Å². The molecule has 4 rings (SSSR count). The topological polar surface area (TPSA) is 96.0 Å². The van der Waals surface area contributed by atoms with E-state index in [1.165, 1.54) is 17.0 Å². The molecule has 8 nitrogen and oxygen atoms in total. The van der Waals surface area contributed by atoms with Crippen LogP contribution in [-0.2, 0) is 32.6 Å². The maximum Gasteiger partial charge on any atom is 0.264 e. The van der Waals surface area contributed by atoms with E-state index in [1.807, 2.05) is 82.3 Å². The van der Waals surface area contributed by atoms with Crippen molar-refractivity contribution in [2.75, 3.05) is 17.5 Å². The second-order valence-corrected chi connectivity index (χ2v) is 13.1. The number of sulfonamides is 1. The van der Waals surface area contributed by atoms with Gasteiger partial charge in [0, 0.05) is 19.0 Å². The molecule has 1 N–H and O–H groups in total. The lowest BCUT2D eigenvalue weighted by Crippen LogP contribution is -2.54. The Kier molecular flexibility index (Phi) is 12.0. The van der Waals surface area contributed by atoms with E-state index < -0.39 is 28.5 Å². The molecule has 0 heterocycles. The van der Waals surface area contributed by atoms with Crippen LogP contribution in [0.2, 0.25) is 0 Å². The molecular formula is C37H43N3O5S. The van der Waals surface area contributed by atoms with E-state index in [-0.39, 0.29) is 35.5 Å². The molecule has 0 spiro atoms. The number of hydrogen-bond donors (Lipinski definition) is 1. The molecule has 0 saturated heterocycles. The number of nitrogens with zero attached hydrogens (tertiary/aromatic N) is 2. The largest absolute Gasteiger partial charge is 0.492 e. The summed E-state index contributed by atoms with van der Waals surface area (Å²) in [4.78, 5) is 30.1. The summed E-state index contributed by atoms with van der Waals surface area (Å²) in [5, 5.41) is 3.06. The molecule has 0 aliphatic rings.